The summed E-state index contributed by atoms with van der Waals surface area (Å²) in [6.07, 6.45) is 2.96. The molecule has 0 aliphatic heterocycles. The number of hydrogen-bond acceptors (Lipinski definition) is 4. The highest BCUT2D eigenvalue weighted by molar-refractivity contribution is 6.31. The van der Waals surface area contributed by atoms with Gasteiger partial charge < -0.3 is 4.98 Å². The van der Waals surface area contributed by atoms with E-state index in [9.17, 15) is 14.9 Å². The van der Waals surface area contributed by atoms with Gasteiger partial charge in [0.1, 0.15) is 5.56 Å². The second kappa shape index (κ2) is 4.84. The number of benzene rings is 1. The number of carbonyl (C=O) groups is 1. The van der Waals surface area contributed by atoms with Gasteiger partial charge in [0.25, 0.3) is 11.6 Å². The fraction of sp³-hybridized carbons (Fsp3) is 0. The predicted octanol–water partition coefficient (Wildman–Crippen LogP) is 2.22. The Labute approximate surface area is 106 Å². The number of nitrogens with zero attached hydrogens (tertiary/aromatic N) is 2. The van der Waals surface area contributed by atoms with Crippen molar-refractivity contribution < 1.29 is 9.72 Å². The number of H-pyrrole nitrogens is 1. The Balaban J connectivity index is 2.34. The zero-order chi connectivity index (χ0) is 13.1. The fourth-order valence-corrected chi connectivity index (χ4v) is 1.53. The molecule has 1 aromatic heterocycles. The molecule has 0 aliphatic carbocycles. The molecule has 2 rings (SSSR count). The number of halogens is 1. The van der Waals surface area contributed by atoms with Crippen molar-refractivity contribution in [3.8, 4) is 0 Å². The fourth-order valence-electron chi connectivity index (χ4n) is 1.36. The predicted molar refractivity (Wildman–Crippen MR) is 64.6 cm³/mol. The topological polar surface area (TPSA) is 101 Å². The van der Waals surface area contributed by atoms with Gasteiger partial charge in [-0.05, 0) is 12.1 Å². The number of carbonyl (C=O) groups excluding carboxylic acids is 1. The van der Waals surface area contributed by atoms with Crippen LogP contribution in [0.4, 0.5) is 11.6 Å². The molecule has 0 radical (unpaired) electrons. The molecule has 1 aromatic carbocycles. The van der Waals surface area contributed by atoms with Gasteiger partial charge in [0.05, 0.1) is 4.92 Å². The van der Waals surface area contributed by atoms with Gasteiger partial charge in [0.15, 0.2) is 0 Å². The van der Waals surface area contributed by atoms with Gasteiger partial charge in [-0.15, -0.1) is 0 Å². The highest BCUT2D eigenvalue weighted by atomic mass is 35.5. The molecule has 0 aliphatic rings. The summed E-state index contributed by atoms with van der Waals surface area (Å²) in [4.78, 5) is 28.5. The molecular weight excluding hydrogens is 260 g/mol. The van der Waals surface area contributed by atoms with Crippen molar-refractivity contribution in [2.75, 3.05) is 5.32 Å². The number of anilines is 1. The number of amides is 1. The second-order valence-electron chi connectivity index (χ2n) is 3.31. The first-order valence-electron chi connectivity index (χ1n) is 4.82. The molecular formula is C10H7ClN4O3. The summed E-state index contributed by atoms with van der Waals surface area (Å²) < 4.78 is 0. The van der Waals surface area contributed by atoms with Crippen LogP contribution in [0.5, 0.6) is 0 Å². The van der Waals surface area contributed by atoms with Crippen molar-refractivity contribution in [1.82, 2.24) is 9.97 Å². The Hall–Kier alpha value is -2.41. The summed E-state index contributed by atoms with van der Waals surface area (Å²) in [5, 5.41) is 13.4. The van der Waals surface area contributed by atoms with Crippen LogP contribution in [0.25, 0.3) is 0 Å². The van der Waals surface area contributed by atoms with Crippen molar-refractivity contribution in [2.45, 2.75) is 0 Å². The van der Waals surface area contributed by atoms with Gasteiger partial charge >= 0.3 is 0 Å². The van der Waals surface area contributed by atoms with E-state index in [2.05, 4.69) is 15.3 Å². The van der Waals surface area contributed by atoms with Crippen LogP contribution in [0.15, 0.2) is 30.6 Å². The maximum Gasteiger partial charge on any atom is 0.282 e. The lowest BCUT2D eigenvalue weighted by Crippen LogP contribution is -2.14. The van der Waals surface area contributed by atoms with Crippen LogP contribution in [-0.4, -0.2) is 20.8 Å². The van der Waals surface area contributed by atoms with Gasteiger partial charge in [0.2, 0.25) is 5.95 Å². The van der Waals surface area contributed by atoms with Crippen LogP contribution in [0.2, 0.25) is 5.02 Å². The van der Waals surface area contributed by atoms with Gasteiger partial charge in [-0.1, -0.05) is 11.6 Å². The summed E-state index contributed by atoms with van der Waals surface area (Å²) in [6.45, 7) is 0. The van der Waals surface area contributed by atoms with E-state index in [1.165, 1.54) is 30.6 Å². The van der Waals surface area contributed by atoms with Gasteiger partial charge in [-0.2, -0.15) is 0 Å². The second-order valence-corrected chi connectivity index (χ2v) is 3.75. The van der Waals surface area contributed by atoms with Gasteiger partial charge in [-0.25, -0.2) is 4.98 Å². The van der Waals surface area contributed by atoms with Crippen LogP contribution in [0, 0.1) is 10.1 Å². The first kappa shape index (κ1) is 12.1. The molecule has 1 amide bonds. The normalized spacial score (nSPS) is 10.1. The van der Waals surface area contributed by atoms with Crippen LogP contribution >= 0.6 is 11.6 Å². The smallest absolute Gasteiger partial charge is 0.282 e. The number of imidazole rings is 1. The third kappa shape index (κ3) is 2.46. The zero-order valence-corrected chi connectivity index (χ0v) is 9.64. The van der Waals surface area contributed by atoms with E-state index < -0.39 is 10.8 Å². The Morgan fingerprint density at radius 2 is 2.28 bits per heavy atom. The summed E-state index contributed by atoms with van der Waals surface area (Å²) in [5.74, 6) is -0.451. The number of nitro groups is 1. The van der Waals surface area contributed by atoms with Crippen LogP contribution in [-0.2, 0) is 0 Å². The molecule has 0 saturated carbocycles. The molecule has 2 aromatic rings. The summed E-state index contributed by atoms with van der Waals surface area (Å²) in [5.41, 5.74) is -0.438. The lowest BCUT2D eigenvalue weighted by atomic mass is 10.1. The zero-order valence-electron chi connectivity index (χ0n) is 8.88. The Morgan fingerprint density at radius 1 is 1.50 bits per heavy atom. The number of nitrogens with one attached hydrogen (secondary N) is 2. The van der Waals surface area contributed by atoms with E-state index in [-0.39, 0.29) is 22.2 Å². The number of nitro benzene ring substituents is 1. The average Bonchev–Trinajstić information content (AvgIpc) is 2.81. The van der Waals surface area contributed by atoms with Crippen molar-refractivity contribution in [3.63, 3.8) is 0 Å². The first-order chi connectivity index (χ1) is 8.58. The summed E-state index contributed by atoms with van der Waals surface area (Å²) >= 11 is 5.72. The van der Waals surface area contributed by atoms with E-state index in [0.717, 1.165) is 0 Å². The van der Waals surface area contributed by atoms with Crippen LogP contribution in [0.1, 0.15) is 10.4 Å². The highest BCUT2D eigenvalue weighted by Crippen LogP contribution is 2.23. The molecule has 0 saturated heterocycles. The monoisotopic (exact) mass is 266 g/mol. The molecule has 1 heterocycles. The molecule has 0 spiro atoms. The number of aromatic nitrogens is 2. The minimum absolute atomic E-state index is 0.121. The van der Waals surface area contributed by atoms with E-state index in [4.69, 9.17) is 11.6 Å². The summed E-state index contributed by atoms with van der Waals surface area (Å²) in [6, 6.07) is 3.76. The Morgan fingerprint density at radius 3 is 2.89 bits per heavy atom. The maximum atomic E-state index is 11.9. The summed E-state index contributed by atoms with van der Waals surface area (Å²) in [7, 11) is 0. The molecule has 92 valence electrons. The minimum atomic E-state index is -0.654. The van der Waals surface area contributed by atoms with E-state index in [0.29, 0.717) is 0 Å². The van der Waals surface area contributed by atoms with E-state index in [1.807, 2.05) is 0 Å². The SMILES string of the molecule is O=C(Nc1ncc[nH]1)c1cc(Cl)ccc1[N+](=O)[O-]. The third-order valence-corrected chi connectivity index (χ3v) is 2.37. The number of rotatable bonds is 3. The van der Waals surface area contributed by atoms with Crippen molar-refractivity contribution in [2.24, 2.45) is 0 Å². The first-order valence-corrected chi connectivity index (χ1v) is 5.20. The molecule has 0 bridgehead atoms. The van der Waals surface area contributed by atoms with Crippen molar-refractivity contribution >= 4 is 29.1 Å². The lowest BCUT2D eigenvalue weighted by molar-refractivity contribution is -0.385. The van der Waals surface area contributed by atoms with Crippen LogP contribution < -0.4 is 5.32 Å². The molecule has 0 fully saturated rings. The van der Waals surface area contributed by atoms with Gasteiger partial charge in [0, 0.05) is 23.5 Å². The van der Waals surface area contributed by atoms with Gasteiger partial charge in [-0.3, -0.25) is 20.2 Å². The van der Waals surface area contributed by atoms with Crippen molar-refractivity contribution in [1.29, 1.82) is 0 Å². The quantitative estimate of drug-likeness (QED) is 0.657. The average molecular weight is 267 g/mol. The third-order valence-electron chi connectivity index (χ3n) is 2.13. The largest absolute Gasteiger partial charge is 0.331 e. The van der Waals surface area contributed by atoms with Crippen LogP contribution in [0.3, 0.4) is 0 Å². The van der Waals surface area contributed by atoms with Crippen molar-refractivity contribution in [3.05, 3.63) is 51.3 Å². The molecule has 18 heavy (non-hydrogen) atoms. The highest BCUT2D eigenvalue weighted by Gasteiger charge is 2.20. The number of aromatic amines is 1. The standard InChI is InChI=1S/C10H7ClN4O3/c11-6-1-2-8(15(17)18)7(5-6)9(16)14-10-12-3-4-13-10/h1-5H,(H2,12,13,14,16). The maximum absolute atomic E-state index is 11.9. The van der Waals surface area contributed by atoms with E-state index in [1.54, 1.807) is 0 Å². The molecule has 0 atom stereocenters. The molecule has 8 heteroatoms. The number of hydrogen-bond donors (Lipinski definition) is 2. The molecule has 0 unspecified atom stereocenters. The molecule has 2 N–H and O–H groups in total. The van der Waals surface area contributed by atoms with E-state index >= 15 is 0 Å². The Kier molecular flexibility index (Phi) is 3.24. The minimum Gasteiger partial charge on any atom is -0.331 e. The molecule has 7 nitrogen and oxygen atoms in total. The lowest BCUT2D eigenvalue weighted by Gasteiger charge is -2.03. The Bertz CT molecular complexity index is 597.